The molecule has 1 saturated carbocycles. The van der Waals surface area contributed by atoms with E-state index in [4.69, 9.17) is 0 Å². The van der Waals surface area contributed by atoms with Crippen LogP contribution in [0.4, 0.5) is 0 Å². The fraction of sp³-hybridized carbons (Fsp3) is 0.333. The van der Waals surface area contributed by atoms with Gasteiger partial charge in [-0.1, -0.05) is 42.5 Å². The molecule has 26 heavy (non-hydrogen) atoms. The number of benzene rings is 2. The summed E-state index contributed by atoms with van der Waals surface area (Å²) in [6, 6.07) is 17.3. The van der Waals surface area contributed by atoms with Gasteiger partial charge < -0.3 is 10.6 Å². The van der Waals surface area contributed by atoms with Crippen LogP contribution in [0.5, 0.6) is 0 Å². The average Bonchev–Trinajstić information content (AvgIpc) is 3.46. The molecule has 0 bridgehead atoms. The Balaban J connectivity index is 1.75. The topological polar surface area (TPSA) is 61.4 Å². The molecule has 0 saturated heterocycles. The lowest BCUT2D eigenvalue weighted by Gasteiger charge is -2.27. The minimum Gasteiger partial charge on any atom is -0.355 e. The molecule has 1 atom stereocenters. The molecule has 0 radical (unpaired) electrons. The Morgan fingerprint density at radius 1 is 1.08 bits per heavy atom. The van der Waals surface area contributed by atoms with E-state index in [0.29, 0.717) is 18.2 Å². The van der Waals surface area contributed by atoms with E-state index in [0.717, 1.165) is 24.0 Å². The number of rotatable bonds is 7. The molecular weight excluding hydrogens is 326 g/mol. The highest BCUT2D eigenvalue weighted by atomic mass is 16.2. The van der Waals surface area contributed by atoms with Crippen LogP contribution in [0.25, 0.3) is 0 Å². The first-order valence-corrected chi connectivity index (χ1v) is 8.95. The summed E-state index contributed by atoms with van der Waals surface area (Å²) < 4.78 is 0. The number of nitrogens with zero attached hydrogens (tertiary/aromatic N) is 1. The fourth-order valence-corrected chi connectivity index (χ4v) is 3.03. The lowest BCUT2D eigenvalue weighted by Crippen LogP contribution is -2.39. The van der Waals surface area contributed by atoms with Crippen molar-refractivity contribution >= 4 is 11.8 Å². The smallest absolute Gasteiger partial charge is 0.251 e. The maximum atomic E-state index is 12.8. The third-order valence-corrected chi connectivity index (χ3v) is 4.60. The van der Waals surface area contributed by atoms with Gasteiger partial charge in [0, 0.05) is 25.2 Å². The van der Waals surface area contributed by atoms with Crippen molar-refractivity contribution in [2.24, 2.45) is 0 Å². The fourth-order valence-electron chi connectivity index (χ4n) is 3.03. The van der Waals surface area contributed by atoms with E-state index >= 15 is 0 Å². The number of amides is 2. The van der Waals surface area contributed by atoms with Crippen LogP contribution in [0, 0.1) is 0 Å². The first kappa shape index (κ1) is 18.1. The Bertz CT molecular complexity index is 755. The molecule has 0 unspecified atom stereocenters. The van der Waals surface area contributed by atoms with Crippen LogP contribution in [0.2, 0.25) is 0 Å². The molecule has 0 heterocycles. The maximum Gasteiger partial charge on any atom is 0.251 e. The monoisotopic (exact) mass is 351 g/mol. The molecule has 2 N–H and O–H groups in total. The van der Waals surface area contributed by atoms with Crippen molar-refractivity contribution in [3.63, 3.8) is 0 Å². The molecule has 1 aliphatic rings. The van der Waals surface area contributed by atoms with Crippen LogP contribution < -0.4 is 10.6 Å². The summed E-state index contributed by atoms with van der Waals surface area (Å²) in [7, 11) is 3.57. The van der Waals surface area contributed by atoms with E-state index in [1.165, 1.54) is 0 Å². The van der Waals surface area contributed by atoms with Gasteiger partial charge in [0.2, 0.25) is 5.91 Å². The van der Waals surface area contributed by atoms with Crippen molar-refractivity contribution in [2.45, 2.75) is 31.5 Å². The highest BCUT2D eigenvalue weighted by Gasteiger charge is 2.30. The normalized spacial score (nSPS) is 14.7. The standard InChI is InChI=1S/C21H25N3O2/c1-22-20(25)17-10-8-15(9-11-17)14-24(2)19(16-6-4-3-5-7-16)21(26)23-18-12-13-18/h3-11,18-19H,12-14H2,1-2H3,(H,22,25)(H,23,26)/t19-/m1/s1. The molecule has 2 aromatic carbocycles. The van der Waals surface area contributed by atoms with E-state index in [2.05, 4.69) is 10.6 Å². The van der Waals surface area contributed by atoms with Gasteiger partial charge in [0.25, 0.3) is 5.91 Å². The van der Waals surface area contributed by atoms with Gasteiger partial charge in [-0.25, -0.2) is 0 Å². The number of carbonyl (C=O) groups excluding carboxylic acids is 2. The molecule has 5 nitrogen and oxygen atoms in total. The molecule has 5 heteroatoms. The van der Waals surface area contributed by atoms with Gasteiger partial charge in [-0.15, -0.1) is 0 Å². The van der Waals surface area contributed by atoms with Crippen LogP contribution >= 0.6 is 0 Å². The van der Waals surface area contributed by atoms with Crippen molar-refractivity contribution in [3.05, 3.63) is 71.3 Å². The molecule has 136 valence electrons. The number of likely N-dealkylation sites (N-methyl/N-ethyl adjacent to an activating group) is 1. The molecule has 1 aliphatic carbocycles. The highest BCUT2D eigenvalue weighted by molar-refractivity contribution is 5.93. The second-order valence-corrected chi connectivity index (χ2v) is 6.79. The van der Waals surface area contributed by atoms with E-state index < -0.39 is 0 Å². The third kappa shape index (κ3) is 4.49. The Morgan fingerprint density at radius 3 is 2.31 bits per heavy atom. The van der Waals surface area contributed by atoms with Gasteiger partial charge >= 0.3 is 0 Å². The van der Waals surface area contributed by atoms with Gasteiger partial charge in [-0.05, 0) is 43.1 Å². The molecule has 0 aliphatic heterocycles. The van der Waals surface area contributed by atoms with E-state index in [9.17, 15) is 9.59 Å². The summed E-state index contributed by atoms with van der Waals surface area (Å²) in [4.78, 5) is 26.5. The van der Waals surface area contributed by atoms with E-state index in [1.807, 2.05) is 66.5 Å². The Kier molecular flexibility index (Phi) is 5.68. The van der Waals surface area contributed by atoms with Gasteiger partial charge in [-0.2, -0.15) is 0 Å². The average molecular weight is 351 g/mol. The van der Waals surface area contributed by atoms with Crippen LogP contribution in [0.1, 0.15) is 40.4 Å². The first-order chi connectivity index (χ1) is 12.6. The van der Waals surface area contributed by atoms with Gasteiger partial charge in [-0.3, -0.25) is 14.5 Å². The number of nitrogens with one attached hydrogen (secondary N) is 2. The second-order valence-electron chi connectivity index (χ2n) is 6.79. The zero-order chi connectivity index (χ0) is 18.5. The van der Waals surface area contributed by atoms with Crippen LogP contribution in [-0.4, -0.2) is 36.9 Å². The van der Waals surface area contributed by atoms with Crippen molar-refractivity contribution in [1.29, 1.82) is 0 Å². The molecule has 0 aromatic heterocycles. The summed E-state index contributed by atoms with van der Waals surface area (Å²) in [5, 5.41) is 5.74. The Hall–Kier alpha value is -2.66. The quantitative estimate of drug-likeness (QED) is 0.806. The maximum absolute atomic E-state index is 12.8. The number of hydrogen-bond acceptors (Lipinski definition) is 3. The first-order valence-electron chi connectivity index (χ1n) is 8.95. The minimum atomic E-state index is -0.338. The third-order valence-electron chi connectivity index (χ3n) is 4.60. The van der Waals surface area contributed by atoms with Gasteiger partial charge in [0.1, 0.15) is 6.04 Å². The van der Waals surface area contributed by atoms with Crippen molar-refractivity contribution in [1.82, 2.24) is 15.5 Å². The summed E-state index contributed by atoms with van der Waals surface area (Å²) in [5.74, 6) is -0.0564. The van der Waals surface area contributed by atoms with Gasteiger partial charge in [0.05, 0.1) is 0 Å². The summed E-state index contributed by atoms with van der Waals surface area (Å²) in [6.07, 6.45) is 2.13. The molecular formula is C21H25N3O2. The summed E-state index contributed by atoms with van der Waals surface area (Å²) >= 11 is 0. The Labute approximate surface area is 154 Å². The number of hydrogen-bond donors (Lipinski definition) is 2. The number of carbonyl (C=O) groups is 2. The van der Waals surface area contributed by atoms with Crippen LogP contribution in [0.15, 0.2) is 54.6 Å². The molecule has 3 rings (SSSR count). The van der Waals surface area contributed by atoms with Gasteiger partial charge in [0.15, 0.2) is 0 Å². The zero-order valence-electron chi connectivity index (χ0n) is 15.2. The van der Waals surface area contributed by atoms with Crippen molar-refractivity contribution in [3.8, 4) is 0 Å². The molecule has 2 aromatic rings. The summed E-state index contributed by atoms with van der Waals surface area (Å²) in [5.41, 5.74) is 2.67. The predicted octanol–water partition coefficient (Wildman–Crippen LogP) is 2.50. The summed E-state index contributed by atoms with van der Waals surface area (Å²) in [6.45, 7) is 0.617. The SMILES string of the molecule is CNC(=O)c1ccc(CN(C)[C@@H](C(=O)NC2CC2)c2ccccc2)cc1. The zero-order valence-corrected chi connectivity index (χ0v) is 15.2. The predicted molar refractivity (Wildman–Crippen MR) is 102 cm³/mol. The van der Waals surface area contributed by atoms with Crippen LogP contribution in [0.3, 0.4) is 0 Å². The lowest BCUT2D eigenvalue weighted by molar-refractivity contribution is -0.126. The highest BCUT2D eigenvalue weighted by Crippen LogP contribution is 2.25. The molecule has 0 spiro atoms. The lowest BCUT2D eigenvalue weighted by atomic mass is 10.0. The van der Waals surface area contributed by atoms with E-state index in [1.54, 1.807) is 7.05 Å². The molecule has 1 fully saturated rings. The van der Waals surface area contributed by atoms with Crippen LogP contribution in [-0.2, 0) is 11.3 Å². The largest absolute Gasteiger partial charge is 0.355 e. The minimum absolute atomic E-state index is 0.0446. The van der Waals surface area contributed by atoms with Crippen molar-refractivity contribution in [2.75, 3.05) is 14.1 Å². The second kappa shape index (κ2) is 8.15. The Morgan fingerprint density at radius 2 is 1.73 bits per heavy atom. The van der Waals surface area contributed by atoms with Crippen molar-refractivity contribution < 1.29 is 9.59 Å². The van der Waals surface area contributed by atoms with E-state index in [-0.39, 0.29) is 17.9 Å². The molecule has 2 amide bonds.